The molecule has 0 saturated carbocycles. The van der Waals surface area contributed by atoms with E-state index in [0.29, 0.717) is 34.9 Å². The second-order valence-electron chi connectivity index (χ2n) is 9.04. The van der Waals surface area contributed by atoms with Crippen LogP contribution in [0.5, 0.6) is 0 Å². The minimum absolute atomic E-state index is 0.278. The van der Waals surface area contributed by atoms with Gasteiger partial charge >= 0.3 is 12.4 Å². The number of alkyl halides is 6. The van der Waals surface area contributed by atoms with Gasteiger partial charge < -0.3 is 14.7 Å². The maximum absolute atomic E-state index is 13.7. The van der Waals surface area contributed by atoms with E-state index in [1.165, 1.54) is 31.1 Å². The van der Waals surface area contributed by atoms with Crippen molar-refractivity contribution in [1.82, 2.24) is 0 Å². The van der Waals surface area contributed by atoms with Gasteiger partial charge in [0.1, 0.15) is 13.1 Å². The predicted octanol–water partition coefficient (Wildman–Crippen LogP) is 7.13. The highest BCUT2D eigenvalue weighted by molar-refractivity contribution is 6.16. The number of hydrogen-bond donors (Lipinski definition) is 0. The van der Waals surface area contributed by atoms with Gasteiger partial charge in [0.2, 0.25) is 0 Å². The monoisotopic (exact) mass is 536 g/mol. The molecule has 0 atom stereocenters. The first kappa shape index (κ1) is 27.2. The number of halogens is 6. The Morgan fingerprint density at radius 3 is 1.55 bits per heavy atom. The van der Waals surface area contributed by atoms with Crippen molar-refractivity contribution in [1.29, 1.82) is 0 Å². The van der Waals surface area contributed by atoms with Crippen molar-refractivity contribution in [2.75, 3.05) is 53.3 Å². The Morgan fingerprint density at radius 2 is 1.16 bits per heavy atom. The van der Waals surface area contributed by atoms with Gasteiger partial charge in [-0.15, -0.1) is 0 Å². The van der Waals surface area contributed by atoms with Crippen molar-refractivity contribution in [3.8, 4) is 0 Å². The van der Waals surface area contributed by atoms with Crippen LogP contribution < -0.4 is 19.6 Å². The summed E-state index contributed by atoms with van der Waals surface area (Å²) in [5.41, 5.74) is 2.77. The van der Waals surface area contributed by atoms with Crippen molar-refractivity contribution in [3.05, 3.63) is 72.3 Å². The fourth-order valence-electron chi connectivity index (χ4n) is 4.56. The third kappa shape index (κ3) is 5.66. The number of amides is 1. The highest BCUT2D eigenvalue weighted by atomic mass is 19.4. The van der Waals surface area contributed by atoms with Crippen LogP contribution in [0.3, 0.4) is 0 Å². The zero-order valence-corrected chi connectivity index (χ0v) is 20.9. The standard InChI is InChI=1S/C27H26F6N4O/c1-4-36-23-14-19(34(2)16-26(28,29)30)10-12-21(23)37(25(38)18-8-6-5-7-9-18)22-13-11-20(15-24(22)36)35(3)17-27(31,32)33/h5-15H,4,16-17H2,1-3H3. The lowest BCUT2D eigenvalue weighted by Crippen LogP contribution is -2.35. The van der Waals surface area contributed by atoms with Crippen molar-refractivity contribution in [2.45, 2.75) is 19.3 Å². The van der Waals surface area contributed by atoms with Crippen LogP contribution in [0.25, 0.3) is 0 Å². The van der Waals surface area contributed by atoms with Gasteiger partial charge in [-0.3, -0.25) is 9.69 Å². The Hall–Kier alpha value is -3.89. The van der Waals surface area contributed by atoms with Crippen LogP contribution in [0.1, 0.15) is 17.3 Å². The lowest BCUT2D eigenvalue weighted by molar-refractivity contribution is -0.120. The molecule has 0 unspecified atom stereocenters. The summed E-state index contributed by atoms with van der Waals surface area (Å²) in [6.07, 6.45) is -8.84. The van der Waals surface area contributed by atoms with Crippen LogP contribution in [-0.2, 0) is 0 Å². The molecule has 1 heterocycles. The minimum Gasteiger partial charge on any atom is -0.366 e. The maximum atomic E-state index is 13.7. The van der Waals surface area contributed by atoms with Crippen LogP contribution in [0.4, 0.5) is 60.5 Å². The molecule has 0 aliphatic carbocycles. The van der Waals surface area contributed by atoms with E-state index in [1.54, 1.807) is 59.5 Å². The second-order valence-corrected chi connectivity index (χ2v) is 9.04. The third-order valence-electron chi connectivity index (χ3n) is 6.24. The minimum atomic E-state index is -4.42. The summed E-state index contributed by atoms with van der Waals surface area (Å²) in [6, 6.07) is 17.8. The number of nitrogens with zero attached hydrogens (tertiary/aromatic N) is 4. The predicted molar refractivity (Wildman–Crippen MR) is 137 cm³/mol. The topological polar surface area (TPSA) is 30.0 Å². The van der Waals surface area contributed by atoms with Gasteiger partial charge in [-0.2, -0.15) is 26.3 Å². The highest BCUT2D eigenvalue weighted by Crippen LogP contribution is 2.50. The number of fused-ring (bicyclic) bond motifs is 2. The number of hydrogen-bond acceptors (Lipinski definition) is 4. The molecule has 0 saturated heterocycles. The summed E-state index contributed by atoms with van der Waals surface area (Å²) < 4.78 is 78.4. The van der Waals surface area contributed by atoms with Gasteiger partial charge in [-0.05, 0) is 55.5 Å². The van der Waals surface area contributed by atoms with Crippen LogP contribution in [0.15, 0.2) is 66.7 Å². The number of benzene rings is 3. The van der Waals surface area contributed by atoms with E-state index in [0.717, 1.165) is 9.80 Å². The first-order valence-electron chi connectivity index (χ1n) is 11.8. The molecular weight excluding hydrogens is 510 g/mol. The van der Waals surface area contributed by atoms with Crippen LogP contribution in [-0.4, -0.2) is 52.0 Å². The molecule has 0 radical (unpaired) electrons. The van der Waals surface area contributed by atoms with E-state index in [-0.39, 0.29) is 17.3 Å². The first-order chi connectivity index (χ1) is 17.8. The van der Waals surface area contributed by atoms with Crippen LogP contribution >= 0.6 is 0 Å². The Morgan fingerprint density at radius 1 is 0.711 bits per heavy atom. The van der Waals surface area contributed by atoms with E-state index < -0.39 is 25.4 Å². The smallest absolute Gasteiger partial charge is 0.366 e. The molecule has 1 aliphatic rings. The molecule has 11 heteroatoms. The van der Waals surface area contributed by atoms with Crippen molar-refractivity contribution in [3.63, 3.8) is 0 Å². The summed E-state index contributed by atoms with van der Waals surface area (Å²) in [5.74, 6) is -0.378. The number of anilines is 6. The van der Waals surface area contributed by atoms with E-state index in [4.69, 9.17) is 0 Å². The van der Waals surface area contributed by atoms with Crippen LogP contribution in [0.2, 0.25) is 0 Å². The first-order valence-corrected chi connectivity index (χ1v) is 11.8. The van der Waals surface area contributed by atoms with E-state index >= 15 is 0 Å². The molecule has 38 heavy (non-hydrogen) atoms. The van der Waals surface area contributed by atoms with Gasteiger partial charge in [0.05, 0.1) is 22.7 Å². The largest absolute Gasteiger partial charge is 0.405 e. The number of carbonyl (C=O) groups excluding carboxylic acids is 1. The van der Waals surface area contributed by atoms with Crippen molar-refractivity contribution >= 4 is 40.0 Å². The van der Waals surface area contributed by atoms with Crippen molar-refractivity contribution < 1.29 is 31.1 Å². The number of rotatable bonds is 6. The maximum Gasteiger partial charge on any atom is 0.405 e. The molecule has 5 nitrogen and oxygen atoms in total. The molecule has 0 bridgehead atoms. The zero-order valence-electron chi connectivity index (χ0n) is 20.9. The lowest BCUT2D eigenvalue weighted by atomic mass is 10.0. The fraction of sp³-hybridized carbons (Fsp3) is 0.296. The van der Waals surface area contributed by atoms with E-state index in [1.807, 2.05) is 6.92 Å². The molecular formula is C27H26F6N4O. The third-order valence-corrected chi connectivity index (χ3v) is 6.24. The van der Waals surface area contributed by atoms with E-state index in [2.05, 4.69) is 0 Å². The van der Waals surface area contributed by atoms with Gasteiger partial charge in [0, 0.05) is 37.6 Å². The molecule has 1 aliphatic heterocycles. The highest BCUT2D eigenvalue weighted by Gasteiger charge is 2.35. The summed E-state index contributed by atoms with van der Waals surface area (Å²) in [4.78, 5) is 19.1. The van der Waals surface area contributed by atoms with Gasteiger partial charge in [0.25, 0.3) is 5.91 Å². The Bertz CT molecular complexity index is 1240. The molecule has 202 valence electrons. The van der Waals surface area contributed by atoms with Gasteiger partial charge in [0.15, 0.2) is 0 Å². The molecule has 3 aromatic rings. The Kier molecular flexibility index (Phi) is 7.22. The van der Waals surface area contributed by atoms with Crippen molar-refractivity contribution in [2.24, 2.45) is 0 Å². The van der Waals surface area contributed by atoms with Gasteiger partial charge in [-0.25, -0.2) is 0 Å². The lowest BCUT2D eigenvalue weighted by Gasteiger charge is -2.40. The Labute approximate surface area is 216 Å². The summed E-state index contributed by atoms with van der Waals surface area (Å²) in [7, 11) is 2.64. The normalized spacial score (nSPS) is 13.2. The van der Waals surface area contributed by atoms with Gasteiger partial charge in [-0.1, -0.05) is 18.2 Å². The molecule has 0 fully saturated rings. The fourth-order valence-corrected chi connectivity index (χ4v) is 4.56. The quantitative estimate of drug-likeness (QED) is 0.314. The van der Waals surface area contributed by atoms with E-state index in [9.17, 15) is 31.1 Å². The molecule has 0 aromatic heterocycles. The molecule has 0 N–H and O–H groups in total. The molecule has 4 rings (SSSR count). The summed E-state index contributed by atoms with van der Waals surface area (Å²) >= 11 is 0. The molecule has 0 spiro atoms. The Balaban J connectivity index is 1.87. The summed E-state index contributed by atoms with van der Waals surface area (Å²) in [6.45, 7) is -0.173. The molecule has 3 aromatic carbocycles. The molecule has 1 amide bonds. The zero-order chi connectivity index (χ0) is 27.8. The second kappa shape index (κ2) is 10.1. The summed E-state index contributed by atoms with van der Waals surface area (Å²) in [5, 5.41) is 0. The SMILES string of the molecule is CCN1c2cc(N(C)CC(F)(F)F)ccc2N(C(=O)c2ccccc2)c2ccc(N(C)CC(F)(F)F)cc21. The average molecular weight is 537 g/mol. The number of carbonyl (C=O) groups is 1. The average Bonchev–Trinajstić information content (AvgIpc) is 2.84. The van der Waals surface area contributed by atoms with Crippen LogP contribution in [0, 0.1) is 0 Å².